The number of likely N-dealkylation sites (tertiary alicyclic amines) is 1. The summed E-state index contributed by atoms with van der Waals surface area (Å²) in [5.41, 5.74) is 0.592. The van der Waals surface area contributed by atoms with Crippen LogP contribution in [-0.4, -0.2) is 45.0 Å². The van der Waals surface area contributed by atoms with Crippen molar-refractivity contribution < 1.29 is 4.79 Å². The van der Waals surface area contributed by atoms with Crippen LogP contribution in [0.2, 0.25) is 0 Å². The maximum Gasteiger partial charge on any atom is 0.252 e. The summed E-state index contributed by atoms with van der Waals surface area (Å²) in [6.45, 7) is 3.97. The molecular formula is C20H23N5OS. The molecule has 4 heterocycles. The summed E-state index contributed by atoms with van der Waals surface area (Å²) in [5.74, 6) is 1.24. The van der Waals surface area contributed by atoms with E-state index < -0.39 is 0 Å². The number of rotatable bonds is 6. The van der Waals surface area contributed by atoms with Crippen LogP contribution in [0.1, 0.15) is 28.1 Å². The third kappa shape index (κ3) is 4.61. The van der Waals surface area contributed by atoms with Crippen LogP contribution in [0.4, 0.5) is 0 Å². The second kappa shape index (κ2) is 8.45. The highest BCUT2D eigenvalue weighted by molar-refractivity contribution is 7.09. The van der Waals surface area contributed by atoms with Crippen molar-refractivity contribution in [1.82, 2.24) is 24.8 Å². The molecule has 0 aliphatic carbocycles. The molecular weight excluding hydrogens is 358 g/mol. The van der Waals surface area contributed by atoms with Crippen molar-refractivity contribution in [3.8, 4) is 5.82 Å². The molecule has 0 aromatic carbocycles. The number of hydrogen-bond donors (Lipinski definition) is 1. The third-order valence-corrected chi connectivity index (χ3v) is 5.86. The molecule has 1 fully saturated rings. The summed E-state index contributed by atoms with van der Waals surface area (Å²) < 4.78 is 1.81. The molecule has 0 bridgehead atoms. The van der Waals surface area contributed by atoms with E-state index in [1.165, 1.54) is 4.88 Å². The van der Waals surface area contributed by atoms with Gasteiger partial charge in [-0.05, 0) is 55.4 Å². The van der Waals surface area contributed by atoms with Crippen LogP contribution in [0.25, 0.3) is 5.82 Å². The molecule has 0 radical (unpaired) electrons. The minimum Gasteiger partial charge on any atom is -0.352 e. The van der Waals surface area contributed by atoms with Gasteiger partial charge in [-0.25, -0.2) is 9.97 Å². The molecule has 140 valence electrons. The van der Waals surface area contributed by atoms with Gasteiger partial charge in [-0.2, -0.15) is 0 Å². The lowest BCUT2D eigenvalue weighted by Gasteiger charge is -2.31. The van der Waals surface area contributed by atoms with Crippen LogP contribution in [0.15, 0.2) is 54.6 Å². The molecule has 1 amide bonds. The van der Waals surface area contributed by atoms with Crippen molar-refractivity contribution in [2.75, 3.05) is 19.6 Å². The van der Waals surface area contributed by atoms with E-state index in [4.69, 9.17) is 0 Å². The van der Waals surface area contributed by atoms with E-state index in [9.17, 15) is 4.79 Å². The number of pyridine rings is 1. The smallest absolute Gasteiger partial charge is 0.252 e. The maximum atomic E-state index is 12.4. The van der Waals surface area contributed by atoms with Gasteiger partial charge in [0.2, 0.25) is 0 Å². The molecule has 0 saturated carbocycles. The molecule has 0 atom stereocenters. The summed E-state index contributed by atoms with van der Waals surface area (Å²) in [6, 6.07) is 7.95. The molecule has 1 N–H and O–H groups in total. The van der Waals surface area contributed by atoms with Crippen LogP contribution < -0.4 is 5.32 Å². The van der Waals surface area contributed by atoms with Gasteiger partial charge in [0, 0.05) is 36.6 Å². The monoisotopic (exact) mass is 381 g/mol. The van der Waals surface area contributed by atoms with E-state index in [0.717, 1.165) is 44.8 Å². The fraction of sp³-hybridized carbons (Fsp3) is 0.350. The van der Waals surface area contributed by atoms with E-state index >= 15 is 0 Å². The highest BCUT2D eigenvalue weighted by Gasteiger charge is 2.20. The average molecular weight is 382 g/mol. The zero-order valence-corrected chi connectivity index (χ0v) is 15.9. The Kier molecular flexibility index (Phi) is 5.60. The summed E-state index contributed by atoms with van der Waals surface area (Å²) in [6.07, 6.45) is 9.09. The predicted octanol–water partition coefficient (Wildman–Crippen LogP) is 2.97. The Hall–Kier alpha value is -2.51. The van der Waals surface area contributed by atoms with Gasteiger partial charge >= 0.3 is 0 Å². The van der Waals surface area contributed by atoms with Crippen LogP contribution in [0.3, 0.4) is 0 Å². The number of nitrogens with one attached hydrogen (secondary N) is 1. The van der Waals surface area contributed by atoms with Crippen molar-refractivity contribution in [3.63, 3.8) is 0 Å². The number of carbonyl (C=O) groups excluding carboxylic acids is 1. The van der Waals surface area contributed by atoms with Gasteiger partial charge in [0.1, 0.15) is 12.1 Å². The summed E-state index contributed by atoms with van der Waals surface area (Å²) >= 11 is 1.82. The van der Waals surface area contributed by atoms with Gasteiger partial charge in [0.05, 0.1) is 5.56 Å². The molecule has 7 heteroatoms. The zero-order valence-electron chi connectivity index (χ0n) is 15.1. The zero-order chi connectivity index (χ0) is 18.5. The predicted molar refractivity (Wildman–Crippen MR) is 106 cm³/mol. The number of hydrogen-bond acceptors (Lipinski definition) is 5. The molecule has 4 rings (SSSR count). The van der Waals surface area contributed by atoms with E-state index in [2.05, 4.69) is 37.7 Å². The van der Waals surface area contributed by atoms with Gasteiger partial charge < -0.3 is 5.32 Å². The Labute approximate surface area is 162 Å². The molecule has 27 heavy (non-hydrogen) atoms. The van der Waals surface area contributed by atoms with E-state index in [-0.39, 0.29) is 5.91 Å². The molecule has 3 aromatic rings. The summed E-state index contributed by atoms with van der Waals surface area (Å²) in [5, 5.41) is 5.20. The second-order valence-corrected chi connectivity index (χ2v) is 7.92. The number of imidazole rings is 1. The third-order valence-electron chi connectivity index (χ3n) is 5.00. The molecule has 1 saturated heterocycles. The Morgan fingerprint density at radius 2 is 2.15 bits per heavy atom. The Morgan fingerprint density at radius 1 is 1.26 bits per heavy atom. The Balaban J connectivity index is 1.23. The first kappa shape index (κ1) is 17.9. The Morgan fingerprint density at radius 3 is 2.81 bits per heavy atom. The minimum atomic E-state index is -0.0549. The van der Waals surface area contributed by atoms with Crippen molar-refractivity contribution in [1.29, 1.82) is 0 Å². The molecule has 1 aliphatic heterocycles. The molecule has 0 spiro atoms. The number of carbonyl (C=O) groups is 1. The topological polar surface area (TPSA) is 63.1 Å². The van der Waals surface area contributed by atoms with Crippen LogP contribution in [-0.2, 0) is 6.54 Å². The first-order chi connectivity index (χ1) is 13.3. The normalized spacial score (nSPS) is 15.7. The minimum absolute atomic E-state index is 0.0549. The first-order valence-electron chi connectivity index (χ1n) is 9.25. The summed E-state index contributed by atoms with van der Waals surface area (Å²) in [7, 11) is 0. The van der Waals surface area contributed by atoms with Gasteiger partial charge in [-0.15, -0.1) is 11.3 Å². The van der Waals surface area contributed by atoms with Gasteiger partial charge in [0.25, 0.3) is 5.91 Å². The molecule has 6 nitrogen and oxygen atoms in total. The number of amides is 1. The van der Waals surface area contributed by atoms with Crippen molar-refractivity contribution in [2.24, 2.45) is 5.92 Å². The van der Waals surface area contributed by atoms with Gasteiger partial charge in [-0.3, -0.25) is 14.3 Å². The number of nitrogens with zero attached hydrogens (tertiary/aromatic N) is 4. The van der Waals surface area contributed by atoms with E-state index in [1.54, 1.807) is 24.8 Å². The Bertz CT molecular complexity index is 837. The standard InChI is InChI=1S/C20H23N5OS/c26-20(17-3-4-19(22-13-17)25-10-7-21-15-25)23-12-16-5-8-24(9-6-16)14-18-2-1-11-27-18/h1-4,7,10-11,13,15-16H,5-6,8-9,12,14H2,(H,23,26). The second-order valence-electron chi connectivity index (χ2n) is 6.88. The molecule has 3 aromatic heterocycles. The van der Waals surface area contributed by atoms with E-state index in [0.29, 0.717) is 11.5 Å². The highest BCUT2D eigenvalue weighted by atomic mass is 32.1. The van der Waals surface area contributed by atoms with Crippen LogP contribution in [0, 0.1) is 5.92 Å². The summed E-state index contributed by atoms with van der Waals surface area (Å²) in [4.78, 5) is 24.7. The lowest BCUT2D eigenvalue weighted by atomic mass is 9.96. The molecule has 1 aliphatic rings. The number of aromatic nitrogens is 3. The lowest BCUT2D eigenvalue weighted by molar-refractivity contribution is 0.0935. The lowest BCUT2D eigenvalue weighted by Crippen LogP contribution is -2.38. The van der Waals surface area contributed by atoms with Crippen molar-refractivity contribution in [2.45, 2.75) is 19.4 Å². The SMILES string of the molecule is O=C(NCC1CCN(Cc2cccs2)CC1)c1ccc(-n2ccnc2)nc1. The number of thiophene rings is 1. The fourth-order valence-electron chi connectivity index (χ4n) is 3.38. The molecule has 0 unspecified atom stereocenters. The van der Waals surface area contributed by atoms with Crippen LogP contribution >= 0.6 is 11.3 Å². The first-order valence-corrected chi connectivity index (χ1v) is 10.1. The maximum absolute atomic E-state index is 12.4. The quantitative estimate of drug-likeness (QED) is 0.713. The van der Waals surface area contributed by atoms with Gasteiger partial charge in [-0.1, -0.05) is 6.07 Å². The van der Waals surface area contributed by atoms with E-state index in [1.807, 2.05) is 28.2 Å². The van der Waals surface area contributed by atoms with Crippen LogP contribution in [0.5, 0.6) is 0 Å². The van der Waals surface area contributed by atoms with Gasteiger partial charge in [0.15, 0.2) is 0 Å². The van der Waals surface area contributed by atoms with Crippen molar-refractivity contribution in [3.05, 3.63) is 65.0 Å². The average Bonchev–Trinajstić information content (AvgIpc) is 3.42. The fourth-order valence-corrected chi connectivity index (χ4v) is 4.12. The number of piperidine rings is 1. The van der Waals surface area contributed by atoms with Crippen molar-refractivity contribution >= 4 is 17.2 Å². The largest absolute Gasteiger partial charge is 0.352 e. The highest BCUT2D eigenvalue weighted by Crippen LogP contribution is 2.20.